The summed E-state index contributed by atoms with van der Waals surface area (Å²) in [6, 6.07) is 7.19. The van der Waals surface area contributed by atoms with Crippen LogP contribution in [0.2, 0.25) is 0 Å². The smallest absolute Gasteiger partial charge is 0.273 e. The molecule has 2 rings (SSSR count). The lowest BCUT2D eigenvalue weighted by molar-refractivity contribution is -0.0250. The van der Waals surface area contributed by atoms with Crippen molar-refractivity contribution in [3.8, 4) is 0 Å². The van der Waals surface area contributed by atoms with E-state index < -0.39 is 5.92 Å². The predicted octanol–water partition coefficient (Wildman–Crippen LogP) is 4.64. The van der Waals surface area contributed by atoms with E-state index in [9.17, 15) is 8.78 Å². The van der Waals surface area contributed by atoms with Crippen LogP contribution in [0.25, 0.3) is 0 Å². The molecule has 1 aromatic rings. The highest BCUT2D eigenvalue weighted by atomic mass is 19.3. The summed E-state index contributed by atoms with van der Waals surface area (Å²) in [7, 11) is 0. The van der Waals surface area contributed by atoms with Crippen molar-refractivity contribution in [3.63, 3.8) is 0 Å². The van der Waals surface area contributed by atoms with Crippen molar-refractivity contribution in [2.75, 3.05) is 6.54 Å². The summed E-state index contributed by atoms with van der Waals surface area (Å²) in [5.74, 6) is -2.73. The van der Waals surface area contributed by atoms with Crippen LogP contribution in [0.5, 0.6) is 0 Å². The van der Waals surface area contributed by atoms with Crippen LogP contribution >= 0.6 is 0 Å². The van der Waals surface area contributed by atoms with Crippen molar-refractivity contribution in [1.82, 2.24) is 5.32 Å². The number of rotatable bonds is 4. The summed E-state index contributed by atoms with van der Waals surface area (Å²) in [4.78, 5) is 0. The lowest BCUT2D eigenvalue weighted by Gasteiger charge is -2.25. The van der Waals surface area contributed by atoms with Gasteiger partial charge in [0.15, 0.2) is 0 Å². The van der Waals surface area contributed by atoms with Crippen LogP contribution in [0.4, 0.5) is 8.78 Å². The standard InChI is InChI=1S/C16H23F2N/c1-12(2)11-16(17,18)14-7-5-6-13(10-14)15-8-3-4-9-19-15/h5-7,10,12,15,19H,3-4,8-9,11H2,1-2H3. The zero-order valence-corrected chi connectivity index (χ0v) is 11.8. The van der Waals surface area contributed by atoms with Gasteiger partial charge in [0, 0.05) is 18.0 Å². The van der Waals surface area contributed by atoms with Gasteiger partial charge in [-0.2, -0.15) is 0 Å². The first kappa shape index (κ1) is 14.4. The Morgan fingerprint density at radius 2 is 2.11 bits per heavy atom. The maximum atomic E-state index is 14.1. The molecule has 1 nitrogen and oxygen atoms in total. The van der Waals surface area contributed by atoms with Gasteiger partial charge in [-0.1, -0.05) is 38.5 Å². The number of benzene rings is 1. The summed E-state index contributed by atoms with van der Waals surface area (Å²) >= 11 is 0. The molecule has 0 amide bonds. The first-order valence-electron chi connectivity index (χ1n) is 7.20. The molecule has 3 heteroatoms. The Kier molecular flexibility index (Phi) is 4.56. The Balaban J connectivity index is 2.18. The summed E-state index contributed by atoms with van der Waals surface area (Å²) in [6.45, 7) is 4.65. The summed E-state index contributed by atoms with van der Waals surface area (Å²) in [6.07, 6.45) is 3.30. The zero-order valence-electron chi connectivity index (χ0n) is 11.8. The highest BCUT2D eigenvalue weighted by Gasteiger charge is 2.32. The van der Waals surface area contributed by atoms with Gasteiger partial charge < -0.3 is 5.32 Å². The van der Waals surface area contributed by atoms with Crippen molar-refractivity contribution in [3.05, 3.63) is 35.4 Å². The Morgan fingerprint density at radius 1 is 1.32 bits per heavy atom. The normalized spacial score (nSPS) is 20.8. The van der Waals surface area contributed by atoms with Gasteiger partial charge in [-0.05, 0) is 36.9 Å². The van der Waals surface area contributed by atoms with E-state index >= 15 is 0 Å². The van der Waals surface area contributed by atoms with E-state index in [4.69, 9.17) is 0 Å². The van der Waals surface area contributed by atoms with E-state index in [1.54, 1.807) is 18.2 Å². The van der Waals surface area contributed by atoms with E-state index in [2.05, 4.69) is 5.32 Å². The lowest BCUT2D eigenvalue weighted by atomic mass is 9.92. The molecule has 0 radical (unpaired) electrons. The SMILES string of the molecule is CC(C)CC(F)(F)c1cccc(C2CCCCN2)c1. The third-order valence-electron chi connectivity index (χ3n) is 3.69. The second kappa shape index (κ2) is 6.00. The first-order chi connectivity index (χ1) is 8.99. The molecular weight excluding hydrogens is 244 g/mol. The van der Waals surface area contributed by atoms with Gasteiger partial charge in [0.25, 0.3) is 5.92 Å². The molecule has 106 valence electrons. The summed E-state index contributed by atoms with van der Waals surface area (Å²) in [5, 5.41) is 3.41. The van der Waals surface area contributed by atoms with Crippen LogP contribution in [0, 0.1) is 5.92 Å². The van der Waals surface area contributed by atoms with Crippen molar-refractivity contribution in [2.45, 2.75) is 51.5 Å². The maximum Gasteiger partial charge on any atom is 0.273 e. The average Bonchev–Trinajstić information content (AvgIpc) is 2.38. The summed E-state index contributed by atoms with van der Waals surface area (Å²) < 4.78 is 28.3. The molecule has 1 aliphatic rings. The molecule has 1 heterocycles. The van der Waals surface area contributed by atoms with Crippen LogP contribution in [-0.2, 0) is 5.92 Å². The quantitative estimate of drug-likeness (QED) is 0.838. The van der Waals surface area contributed by atoms with Crippen molar-refractivity contribution >= 4 is 0 Å². The van der Waals surface area contributed by atoms with Crippen LogP contribution in [0.15, 0.2) is 24.3 Å². The Hall–Kier alpha value is -0.960. The predicted molar refractivity (Wildman–Crippen MR) is 74.4 cm³/mol. The maximum absolute atomic E-state index is 14.1. The van der Waals surface area contributed by atoms with Crippen LogP contribution < -0.4 is 5.32 Å². The molecule has 0 aliphatic carbocycles. The van der Waals surface area contributed by atoms with Gasteiger partial charge in [-0.3, -0.25) is 0 Å². The fourth-order valence-corrected chi connectivity index (χ4v) is 2.75. The lowest BCUT2D eigenvalue weighted by Crippen LogP contribution is -2.27. The van der Waals surface area contributed by atoms with Gasteiger partial charge >= 0.3 is 0 Å². The molecule has 0 saturated carbocycles. The minimum atomic E-state index is -2.72. The molecule has 0 bridgehead atoms. The molecule has 1 aromatic carbocycles. The van der Waals surface area contributed by atoms with E-state index in [1.807, 2.05) is 19.9 Å². The van der Waals surface area contributed by atoms with Crippen molar-refractivity contribution in [2.24, 2.45) is 5.92 Å². The van der Waals surface area contributed by atoms with Crippen LogP contribution in [-0.4, -0.2) is 6.54 Å². The number of halogens is 2. The number of hydrogen-bond donors (Lipinski definition) is 1. The highest BCUT2D eigenvalue weighted by molar-refractivity contribution is 5.29. The van der Waals surface area contributed by atoms with Gasteiger partial charge in [0.05, 0.1) is 0 Å². The Labute approximate surface area is 114 Å². The third-order valence-corrected chi connectivity index (χ3v) is 3.69. The molecule has 1 atom stereocenters. The average molecular weight is 267 g/mol. The molecule has 0 aromatic heterocycles. The number of hydrogen-bond acceptors (Lipinski definition) is 1. The Morgan fingerprint density at radius 3 is 2.74 bits per heavy atom. The van der Waals surface area contributed by atoms with E-state index in [0.29, 0.717) is 0 Å². The van der Waals surface area contributed by atoms with Gasteiger partial charge in [-0.25, -0.2) is 8.78 Å². The van der Waals surface area contributed by atoms with Crippen molar-refractivity contribution in [1.29, 1.82) is 0 Å². The van der Waals surface area contributed by atoms with Gasteiger partial charge in [-0.15, -0.1) is 0 Å². The van der Waals surface area contributed by atoms with Crippen LogP contribution in [0.3, 0.4) is 0 Å². The summed E-state index contributed by atoms with van der Waals surface area (Å²) in [5.41, 5.74) is 1.16. The molecule has 19 heavy (non-hydrogen) atoms. The van der Waals surface area contributed by atoms with Gasteiger partial charge in [0.1, 0.15) is 0 Å². The molecule has 1 saturated heterocycles. The molecule has 1 N–H and O–H groups in total. The van der Waals surface area contributed by atoms with E-state index in [0.717, 1.165) is 18.5 Å². The second-order valence-corrected chi connectivity index (χ2v) is 5.93. The fourth-order valence-electron chi connectivity index (χ4n) is 2.75. The van der Waals surface area contributed by atoms with Crippen molar-refractivity contribution < 1.29 is 8.78 Å². The van der Waals surface area contributed by atoms with Crippen LogP contribution in [0.1, 0.15) is 56.7 Å². The zero-order chi connectivity index (χ0) is 13.9. The topological polar surface area (TPSA) is 12.0 Å². The largest absolute Gasteiger partial charge is 0.310 e. The third kappa shape index (κ3) is 3.75. The molecule has 1 unspecified atom stereocenters. The first-order valence-corrected chi connectivity index (χ1v) is 7.20. The van der Waals surface area contributed by atoms with E-state index in [-0.39, 0.29) is 23.9 Å². The number of alkyl halides is 2. The molecule has 1 aliphatic heterocycles. The fraction of sp³-hybridized carbons (Fsp3) is 0.625. The molecular formula is C16H23F2N. The monoisotopic (exact) mass is 267 g/mol. The molecule has 0 spiro atoms. The van der Waals surface area contributed by atoms with Gasteiger partial charge in [0.2, 0.25) is 0 Å². The highest BCUT2D eigenvalue weighted by Crippen LogP contribution is 2.36. The minimum Gasteiger partial charge on any atom is -0.310 e. The van der Waals surface area contributed by atoms with E-state index in [1.165, 1.54) is 12.8 Å². The number of piperidine rings is 1. The molecule has 1 fully saturated rings. The Bertz CT molecular complexity index is 409. The second-order valence-electron chi connectivity index (χ2n) is 5.93. The minimum absolute atomic E-state index is 0.00791. The number of nitrogens with one attached hydrogen (secondary N) is 1.